The first-order valence-electron chi connectivity index (χ1n) is 18.2. The Morgan fingerprint density at radius 1 is 0.564 bits per heavy atom. The first-order chi connectivity index (χ1) is 26.6. The van der Waals surface area contributed by atoms with Gasteiger partial charge in [0.25, 0.3) is 0 Å². The van der Waals surface area contributed by atoms with E-state index in [-0.39, 0.29) is 17.7 Å². The number of phenolic OH excluding ortho intramolecular Hbond substituents is 1. The molecule has 0 saturated carbocycles. The molecule has 0 aliphatic carbocycles. The lowest BCUT2D eigenvalue weighted by atomic mass is 9.93. The Hall–Kier alpha value is -5.56. The minimum absolute atomic E-state index is 0.151. The number of rotatable bonds is 12. The Kier molecular flexibility index (Phi) is 14.5. The van der Waals surface area contributed by atoms with Crippen LogP contribution in [0.3, 0.4) is 0 Å². The molecule has 0 amide bonds. The smallest absolute Gasteiger partial charge is 0.338 e. The first-order valence-corrected chi connectivity index (χ1v) is 19.0. The predicted octanol–water partition coefficient (Wildman–Crippen LogP) is 12.8. The van der Waals surface area contributed by atoms with Crippen LogP contribution in [-0.4, -0.2) is 36.9 Å². The van der Waals surface area contributed by atoms with E-state index in [9.17, 15) is 14.7 Å². The monoisotopic (exact) mass is 774 g/mol. The summed E-state index contributed by atoms with van der Waals surface area (Å²) >= 11 is 12.4. The number of halogens is 2. The lowest BCUT2D eigenvalue weighted by Gasteiger charge is -2.16. The zero-order valence-electron chi connectivity index (χ0n) is 31.4. The molecule has 0 aromatic heterocycles. The van der Waals surface area contributed by atoms with E-state index >= 15 is 0 Å². The molecule has 1 N–H and O–H groups in total. The van der Waals surface area contributed by atoms with Crippen LogP contribution in [0.4, 0.5) is 0 Å². The lowest BCUT2D eigenvalue weighted by Crippen LogP contribution is -2.04. The largest absolute Gasteiger partial charge is 0.507 e. The van der Waals surface area contributed by atoms with Crippen molar-refractivity contribution in [2.45, 2.75) is 34.1 Å². The average molecular weight is 776 g/mol. The van der Waals surface area contributed by atoms with Gasteiger partial charge in [-0.05, 0) is 120 Å². The van der Waals surface area contributed by atoms with Crippen LogP contribution >= 0.6 is 23.2 Å². The van der Waals surface area contributed by atoms with E-state index in [0.29, 0.717) is 52.5 Å². The number of ether oxygens (including phenoxy) is 3. The van der Waals surface area contributed by atoms with E-state index in [1.165, 1.54) is 0 Å². The summed E-state index contributed by atoms with van der Waals surface area (Å²) in [4.78, 5) is 24.2. The predicted molar refractivity (Wildman–Crippen MR) is 223 cm³/mol. The highest BCUT2D eigenvalue weighted by atomic mass is 35.5. The van der Waals surface area contributed by atoms with Gasteiger partial charge in [0.05, 0.1) is 30.9 Å². The summed E-state index contributed by atoms with van der Waals surface area (Å²) in [6.07, 6.45) is 0.977. The third-order valence-corrected chi connectivity index (χ3v) is 9.13. The van der Waals surface area contributed by atoms with Crippen LogP contribution in [-0.2, 0) is 9.47 Å². The highest BCUT2D eigenvalue weighted by Crippen LogP contribution is 2.40. The van der Waals surface area contributed by atoms with E-state index < -0.39 is 0 Å². The Balaban J connectivity index is 0.000000214. The summed E-state index contributed by atoms with van der Waals surface area (Å²) < 4.78 is 16.3. The highest BCUT2D eigenvalue weighted by Gasteiger charge is 2.16. The zero-order valence-corrected chi connectivity index (χ0v) is 32.9. The molecule has 0 aliphatic rings. The third-order valence-electron chi connectivity index (χ3n) is 8.66. The van der Waals surface area contributed by atoms with Crippen molar-refractivity contribution in [3.63, 3.8) is 0 Å². The fraction of sp³-hybridized carbons (Fsp3) is 0.191. The molecule has 0 aliphatic heterocycles. The second kappa shape index (κ2) is 19.7. The van der Waals surface area contributed by atoms with Gasteiger partial charge in [-0.15, -0.1) is 0 Å². The maximum atomic E-state index is 12.2. The third kappa shape index (κ3) is 10.8. The molecule has 0 heterocycles. The van der Waals surface area contributed by atoms with Gasteiger partial charge in [0.15, 0.2) is 0 Å². The molecular formula is C47H44Cl2O6. The van der Waals surface area contributed by atoms with Crippen LogP contribution in [0.2, 0.25) is 10.0 Å². The zero-order chi connectivity index (χ0) is 39.3. The number of benzene rings is 6. The summed E-state index contributed by atoms with van der Waals surface area (Å²) in [6.45, 7) is 9.26. The first kappa shape index (κ1) is 40.6. The minimum atomic E-state index is -0.354. The minimum Gasteiger partial charge on any atom is -0.507 e. The number of esters is 2. The van der Waals surface area contributed by atoms with Crippen molar-refractivity contribution in [2.75, 3.05) is 19.8 Å². The second-order valence-electron chi connectivity index (χ2n) is 13.0. The molecule has 6 aromatic rings. The van der Waals surface area contributed by atoms with E-state index in [1.54, 1.807) is 50.2 Å². The van der Waals surface area contributed by atoms with Gasteiger partial charge in [0.1, 0.15) is 11.5 Å². The van der Waals surface area contributed by atoms with Crippen LogP contribution in [0.25, 0.3) is 44.5 Å². The SMILES string of the molecule is CCOC(=O)c1cccc(-c2ccccc2-c2cc(Cl)ccc2O)c1.CCOC(=O)c1cccc(-c2ccccc2-c2cc(Cl)ccc2OCCC(C)C)c1. The Morgan fingerprint density at radius 3 is 1.55 bits per heavy atom. The molecule has 6 aromatic carbocycles. The standard InChI is InChI=1S/C26H27ClO3.C21H17ClO3/c1-4-29-26(28)20-9-7-8-19(16-20)22-10-5-6-11-23(22)24-17-21(27)12-13-25(24)30-15-14-18(2)3;1-2-25-21(24)15-7-5-6-14(12-15)17-8-3-4-9-18(17)19-13-16(22)10-11-20(19)23/h5-13,16-18H,4,14-15H2,1-3H3;3-13,23H,2H2,1H3. The number of aromatic hydroxyl groups is 1. The summed E-state index contributed by atoms with van der Waals surface area (Å²) in [7, 11) is 0. The van der Waals surface area contributed by atoms with Crippen molar-refractivity contribution >= 4 is 35.1 Å². The van der Waals surface area contributed by atoms with Gasteiger partial charge in [-0.3, -0.25) is 0 Å². The van der Waals surface area contributed by atoms with Crippen molar-refractivity contribution in [3.8, 4) is 56.0 Å². The lowest BCUT2D eigenvalue weighted by molar-refractivity contribution is 0.0517. The van der Waals surface area contributed by atoms with Crippen LogP contribution in [0.5, 0.6) is 11.5 Å². The van der Waals surface area contributed by atoms with Crippen molar-refractivity contribution in [1.82, 2.24) is 0 Å². The van der Waals surface area contributed by atoms with Gasteiger partial charge >= 0.3 is 11.9 Å². The summed E-state index contributed by atoms with van der Waals surface area (Å²) in [5, 5.41) is 11.4. The van der Waals surface area contributed by atoms with Crippen molar-refractivity contribution in [3.05, 3.63) is 155 Å². The fourth-order valence-corrected chi connectivity index (χ4v) is 6.31. The number of hydrogen-bond acceptors (Lipinski definition) is 6. The van der Waals surface area contributed by atoms with Gasteiger partial charge < -0.3 is 19.3 Å². The van der Waals surface area contributed by atoms with Gasteiger partial charge in [-0.25, -0.2) is 9.59 Å². The molecule has 0 atom stereocenters. The van der Waals surface area contributed by atoms with Crippen LogP contribution < -0.4 is 4.74 Å². The molecule has 55 heavy (non-hydrogen) atoms. The van der Waals surface area contributed by atoms with E-state index in [1.807, 2.05) is 97.1 Å². The normalized spacial score (nSPS) is 10.7. The quantitative estimate of drug-likeness (QED) is 0.125. The van der Waals surface area contributed by atoms with Gasteiger partial charge in [-0.1, -0.05) is 110 Å². The molecule has 6 nitrogen and oxygen atoms in total. The van der Waals surface area contributed by atoms with Crippen molar-refractivity contribution in [1.29, 1.82) is 0 Å². The molecule has 282 valence electrons. The molecule has 0 saturated heterocycles. The van der Waals surface area contributed by atoms with Crippen LogP contribution in [0.1, 0.15) is 54.8 Å². The Labute approximate surface area is 333 Å². The second-order valence-corrected chi connectivity index (χ2v) is 13.9. The highest BCUT2D eigenvalue weighted by molar-refractivity contribution is 6.31. The average Bonchev–Trinajstić information content (AvgIpc) is 3.20. The molecule has 0 unspecified atom stereocenters. The van der Waals surface area contributed by atoms with Gasteiger partial charge in [0, 0.05) is 21.2 Å². The van der Waals surface area contributed by atoms with E-state index in [2.05, 4.69) is 13.8 Å². The summed E-state index contributed by atoms with van der Waals surface area (Å²) in [5.74, 6) is 0.843. The summed E-state index contributed by atoms with van der Waals surface area (Å²) in [5.41, 5.74) is 8.13. The molecular weight excluding hydrogens is 731 g/mol. The maximum Gasteiger partial charge on any atom is 0.338 e. The molecule has 0 radical (unpaired) electrons. The van der Waals surface area contributed by atoms with E-state index in [0.717, 1.165) is 51.1 Å². The fourth-order valence-electron chi connectivity index (χ4n) is 5.96. The number of carbonyl (C=O) groups excluding carboxylic acids is 2. The molecule has 0 spiro atoms. The molecule has 0 fully saturated rings. The van der Waals surface area contributed by atoms with Crippen LogP contribution in [0.15, 0.2) is 133 Å². The van der Waals surface area contributed by atoms with Gasteiger partial charge in [-0.2, -0.15) is 0 Å². The number of phenols is 1. The van der Waals surface area contributed by atoms with Crippen LogP contribution in [0, 0.1) is 5.92 Å². The molecule has 8 heteroatoms. The van der Waals surface area contributed by atoms with Gasteiger partial charge in [0.2, 0.25) is 0 Å². The number of hydrogen-bond donors (Lipinski definition) is 1. The van der Waals surface area contributed by atoms with Crippen molar-refractivity contribution < 1.29 is 28.9 Å². The Bertz CT molecular complexity index is 2250. The van der Waals surface area contributed by atoms with E-state index in [4.69, 9.17) is 37.4 Å². The Morgan fingerprint density at radius 2 is 1.04 bits per heavy atom. The number of carbonyl (C=O) groups is 2. The molecule has 6 rings (SSSR count). The van der Waals surface area contributed by atoms with Crippen molar-refractivity contribution in [2.24, 2.45) is 5.92 Å². The topological polar surface area (TPSA) is 82.1 Å². The summed E-state index contributed by atoms with van der Waals surface area (Å²) in [6, 6.07) is 41.1. The maximum absolute atomic E-state index is 12.2. The molecule has 0 bridgehead atoms.